The van der Waals surface area contributed by atoms with E-state index in [0.29, 0.717) is 6.54 Å². The Balaban J connectivity index is 1.85. The van der Waals surface area contributed by atoms with Crippen molar-refractivity contribution in [3.63, 3.8) is 0 Å². The number of imide groups is 1. The number of ether oxygens (including phenoxy) is 1. The number of alkyl carbamates (subject to hydrolysis) is 1. The molecule has 1 atom stereocenters. The second-order valence-electron chi connectivity index (χ2n) is 7.10. The van der Waals surface area contributed by atoms with Gasteiger partial charge in [0, 0.05) is 0 Å². The van der Waals surface area contributed by atoms with Gasteiger partial charge in [-0.25, -0.2) is 4.79 Å². The average molecular weight is 389 g/mol. The van der Waals surface area contributed by atoms with Crippen LogP contribution in [0.15, 0.2) is 18.2 Å². The fourth-order valence-electron chi connectivity index (χ4n) is 3.40. The van der Waals surface area contributed by atoms with Crippen molar-refractivity contribution >= 4 is 17.9 Å². The molecule has 1 aliphatic carbocycles. The highest BCUT2D eigenvalue weighted by molar-refractivity contribution is 5.93. The van der Waals surface area contributed by atoms with Gasteiger partial charge in [0.25, 0.3) is 0 Å². The number of hydrogen-bond donors (Lipinski definition) is 2. The van der Waals surface area contributed by atoms with Crippen LogP contribution in [0.1, 0.15) is 56.3 Å². The standard InChI is InChI=1S/C21H31N3O4/c1-4-24(14-20(26)23-21(27)28-5-2)13-19(25)22-15(3)17-11-10-16-8-6-7-9-18(16)12-17/h10-12,15H,4-9,13-14H2,1-3H3,(H,22,25)(H,23,26,27)/t15-/m0/s1. The molecule has 0 saturated carbocycles. The molecule has 28 heavy (non-hydrogen) atoms. The van der Waals surface area contributed by atoms with E-state index in [1.54, 1.807) is 11.8 Å². The van der Waals surface area contributed by atoms with Crippen molar-refractivity contribution in [1.82, 2.24) is 15.5 Å². The summed E-state index contributed by atoms with van der Waals surface area (Å²) >= 11 is 0. The zero-order valence-corrected chi connectivity index (χ0v) is 17.0. The van der Waals surface area contributed by atoms with Gasteiger partial charge < -0.3 is 10.1 Å². The molecule has 2 rings (SSSR count). The Morgan fingerprint density at radius 3 is 2.43 bits per heavy atom. The van der Waals surface area contributed by atoms with E-state index in [1.165, 1.54) is 24.0 Å². The van der Waals surface area contributed by atoms with Gasteiger partial charge in [-0.3, -0.25) is 19.8 Å². The Hall–Kier alpha value is -2.41. The predicted octanol–water partition coefficient (Wildman–Crippen LogP) is 2.34. The number of carbonyl (C=O) groups is 3. The van der Waals surface area contributed by atoms with E-state index in [1.807, 2.05) is 13.8 Å². The van der Waals surface area contributed by atoms with E-state index in [-0.39, 0.29) is 31.6 Å². The summed E-state index contributed by atoms with van der Waals surface area (Å²) in [5.74, 6) is -0.646. The summed E-state index contributed by atoms with van der Waals surface area (Å²) in [6.07, 6.45) is 3.93. The predicted molar refractivity (Wildman–Crippen MR) is 107 cm³/mol. The van der Waals surface area contributed by atoms with Gasteiger partial charge in [-0.05, 0) is 62.8 Å². The molecule has 0 aromatic heterocycles. The summed E-state index contributed by atoms with van der Waals surface area (Å²) in [6.45, 7) is 6.23. The van der Waals surface area contributed by atoms with Crippen molar-refractivity contribution in [2.75, 3.05) is 26.2 Å². The lowest BCUT2D eigenvalue weighted by Gasteiger charge is -2.22. The molecule has 1 aliphatic rings. The van der Waals surface area contributed by atoms with Crippen LogP contribution in [-0.2, 0) is 27.2 Å². The molecule has 0 heterocycles. The van der Waals surface area contributed by atoms with E-state index in [2.05, 4.69) is 33.6 Å². The van der Waals surface area contributed by atoms with Crippen molar-refractivity contribution in [3.8, 4) is 0 Å². The highest BCUT2D eigenvalue weighted by Gasteiger charge is 2.18. The summed E-state index contributed by atoms with van der Waals surface area (Å²) in [6, 6.07) is 6.35. The summed E-state index contributed by atoms with van der Waals surface area (Å²) in [4.78, 5) is 37.3. The molecule has 0 aliphatic heterocycles. The van der Waals surface area contributed by atoms with E-state index in [9.17, 15) is 14.4 Å². The highest BCUT2D eigenvalue weighted by atomic mass is 16.5. The van der Waals surface area contributed by atoms with Gasteiger partial charge in [-0.2, -0.15) is 0 Å². The van der Waals surface area contributed by atoms with Gasteiger partial charge >= 0.3 is 6.09 Å². The summed E-state index contributed by atoms with van der Waals surface area (Å²) < 4.78 is 4.68. The maximum absolute atomic E-state index is 12.4. The molecule has 0 fully saturated rings. The Morgan fingerprint density at radius 1 is 1.07 bits per heavy atom. The van der Waals surface area contributed by atoms with Gasteiger partial charge in [0.1, 0.15) is 0 Å². The van der Waals surface area contributed by atoms with Crippen molar-refractivity contribution < 1.29 is 19.1 Å². The first-order valence-corrected chi connectivity index (χ1v) is 10.0. The lowest BCUT2D eigenvalue weighted by atomic mass is 9.89. The van der Waals surface area contributed by atoms with Crippen LogP contribution in [0.5, 0.6) is 0 Å². The molecule has 7 nitrogen and oxygen atoms in total. The van der Waals surface area contributed by atoms with Gasteiger partial charge in [-0.15, -0.1) is 0 Å². The third-order valence-corrected chi connectivity index (χ3v) is 4.95. The molecule has 3 amide bonds. The lowest BCUT2D eigenvalue weighted by molar-refractivity contribution is -0.125. The van der Waals surface area contributed by atoms with Gasteiger partial charge in [0.15, 0.2) is 0 Å². The van der Waals surface area contributed by atoms with Crippen molar-refractivity contribution in [3.05, 3.63) is 34.9 Å². The monoisotopic (exact) mass is 389 g/mol. The maximum Gasteiger partial charge on any atom is 0.413 e. The Bertz CT molecular complexity index is 705. The highest BCUT2D eigenvalue weighted by Crippen LogP contribution is 2.24. The molecule has 0 spiro atoms. The molecule has 154 valence electrons. The van der Waals surface area contributed by atoms with Crippen LogP contribution >= 0.6 is 0 Å². The van der Waals surface area contributed by atoms with E-state index < -0.39 is 12.0 Å². The number of carbonyl (C=O) groups excluding carboxylic acids is 3. The third-order valence-electron chi connectivity index (χ3n) is 4.95. The van der Waals surface area contributed by atoms with Crippen LogP contribution in [0.2, 0.25) is 0 Å². The molecule has 0 saturated heterocycles. The number of fused-ring (bicyclic) bond motifs is 1. The van der Waals surface area contributed by atoms with E-state index >= 15 is 0 Å². The molecular formula is C21H31N3O4. The minimum absolute atomic E-state index is 0.0457. The Labute approximate surface area is 166 Å². The molecule has 7 heteroatoms. The van der Waals surface area contributed by atoms with Gasteiger partial charge in [0.2, 0.25) is 11.8 Å². The number of likely N-dealkylation sites (N-methyl/N-ethyl adjacent to an activating group) is 1. The molecule has 2 N–H and O–H groups in total. The summed E-state index contributed by atoms with van der Waals surface area (Å²) in [7, 11) is 0. The van der Waals surface area contributed by atoms with Crippen molar-refractivity contribution in [1.29, 1.82) is 0 Å². The molecule has 0 radical (unpaired) electrons. The molecule has 0 unspecified atom stereocenters. The first kappa shape index (κ1) is 21.9. The van der Waals surface area contributed by atoms with Crippen LogP contribution in [0.3, 0.4) is 0 Å². The second-order valence-corrected chi connectivity index (χ2v) is 7.10. The first-order chi connectivity index (χ1) is 13.4. The average Bonchev–Trinajstić information content (AvgIpc) is 2.66. The number of hydrogen-bond acceptors (Lipinski definition) is 5. The van der Waals surface area contributed by atoms with Gasteiger partial charge in [0.05, 0.1) is 25.7 Å². The SMILES string of the molecule is CCOC(=O)NC(=O)CN(CC)CC(=O)N[C@@H](C)c1ccc2c(c1)CCCC2. The summed E-state index contributed by atoms with van der Waals surface area (Å²) in [5, 5.41) is 5.14. The zero-order valence-electron chi connectivity index (χ0n) is 17.0. The number of benzene rings is 1. The topological polar surface area (TPSA) is 87.7 Å². The van der Waals surface area contributed by atoms with Crippen LogP contribution < -0.4 is 10.6 Å². The largest absolute Gasteiger partial charge is 0.450 e. The fraction of sp³-hybridized carbons (Fsp3) is 0.571. The molecular weight excluding hydrogens is 358 g/mol. The molecule has 1 aromatic rings. The van der Waals surface area contributed by atoms with Gasteiger partial charge in [-0.1, -0.05) is 25.1 Å². The Kier molecular flexibility index (Phi) is 8.44. The van der Waals surface area contributed by atoms with Crippen LogP contribution in [0.4, 0.5) is 4.79 Å². The molecule has 1 aromatic carbocycles. The quantitative estimate of drug-likeness (QED) is 0.713. The van der Waals surface area contributed by atoms with Crippen molar-refractivity contribution in [2.45, 2.75) is 52.5 Å². The third kappa shape index (κ3) is 6.64. The van der Waals surface area contributed by atoms with E-state index in [4.69, 9.17) is 0 Å². The minimum Gasteiger partial charge on any atom is -0.450 e. The number of rotatable bonds is 8. The van der Waals surface area contributed by atoms with Crippen LogP contribution in [-0.4, -0.2) is 49.0 Å². The summed E-state index contributed by atoms with van der Waals surface area (Å²) in [5.41, 5.74) is 3.89. The zero-order chi connectivity index (χ0) is 20.5. The second kappa shape index (κ2) is 10.8. The van der Waals surface area contributed by atoms with Crippen molar-refractivity contribution in [2.24, 2.45) is 0 Å². The smallest absolute Gasteiger partial charge is 0.413 e. The van der Waals surface area contributed by atoms with Crippen LogP contribution in [0, 0.1) is 0 Å². The Morgan fingerprint density at radius 2 is 1.75 bits per heavy atom. The number of nitrogens with one attached hydrogen (secondary N) is 2. The number of amides is 3. The molecule has 0 bridgehead atoms. The normalized spacial score (nSPS) is 14.1. The fourth-order valence-corrected chi connectivity index (χ4v) is 3.40. The minimum atomic E-state index is -0.769. The number of aryl methyl sites for hydroxylation is 2. The maximum atomic E-state index is 12.4. The first-order valence-electron chi connectivity index (χ1n) is 10.0. The lowest BCUT2D eigenvalue weighted by Crippen LogP contribution is -2.44. The van der Waals surface area contributed by atoms with Crippen LogP contribution in [0.25, 0.3) is 0 Å². The number of nitrogens with zero attached hydrogens (tertiary/aromatic N) is 1. The van der Waals surface area contributed by atoms with E-state index in [0.717, 1.165) is 18.4 Å².